The minimum Gasteiger partial charge on any atom is -0.349 e. The summed E-state index contributed by atoms with van der Waals surface area (Å²) in [7, 11) is 0. The molecule has 12 heteroatoms. The summed E-state index contributed by atoms with van der Waals surface area (Å²) in [5.41, 5.74) is 3.51. The van der Waals surface area contributed by atoms with Gasteiger partial charge in [-0.2, -0.15) is 13.2 Å². The number of nitrogens with zero attached hydrogens (tertiary/aromatic N) is 3. The molecule has 2 aromatic heterocycles. The SMILES string of the molecule is O=C(NC1CC1)c1cc2c(s1)-c1ccccc1N(C(=O)c1ccc(NC(=O)c3cccnc3N3CCC[C@H]3C(F)(F)F)cc1)CC2. The van der Waals surface area contributed by atoms with E-state index in [1.807, 2.05) is 30.3 Å². The van der Waals surface area contributed by atoms with Gasteiger partial charge in [-0.15, -0.1) is 11.3 Å². The molecule has 0 radical (unpaired) electrons. The highest BCUT2D eigenvalue weighted by molar-refractivity contribution is 7.17. The van der Waals surface area contributed by atoms with Crippen molar-refractivity contribution in [1.82, 2.24) is 10.3 Å². The third kappa shape index (κ3) is 5.84. The largest absolute Gasteiger partial charge is 0.408 e. The van der Waals surface area contributed by atoms with Crippen LogP contribution in [0.4, 0.5) is 30.4 Å². The Balaban J connectivity index is 1.08. The van der Waals surface area contributed by atoms with Crippen molar-refractivity contribution in [3.05, 3.63) is 94.5 Å². The average molecular weight is 646 g/mol. The van der Waals surface area contributed by atoms with Gasteiger partial charge in [-0.1, -0.05) is 18.2 Å². The van der Waals surface area contributed by atoms with Crippen LogP contribution in [0.3, 0.4) is 0 Å². The van der Waals surface area contributed by atoms with E-state index in [-0.39, 0.29) is 42.2 Å². The molecule has 3 aliphatic rings. The smallest absolute Gasteiger partial charge is 0.349 e. The molecule has 3 amide bonds. The van der Waals surface area contributed by atoms with Crippen LogP contribution in [0.2, 0.25) is 0 Å². The van der Waals surface area contributed by atoms with Crippen molar-refractivity contribution in [3.63, 3.8) is 0 Å². The van der Waals surface area contributed by atoms with Gasteiger partial charge in [0, 0.05) is 47.0 Å². The van der Waals surface area contributed by atoms with Gasteiger partial charge in [-0.25, -0.2) is 4.98 Å². The lowest BCUT2D eigenvalue weighted by Gasteiger charge is -2.28. The molecule has 0 bridgehead atoms. The van der Waals surface area contributed by atoms with E-state index in [2.05, 4.69) is 15.6 Å². The number of amides is 3. The molecule has 0 spiro atoms. The summed E-state index contributed by atoms with van der Waals surface area (Å²) in [5.74, 6) is -0.864. The van der Waals surface area contributed by atoms with E-state index in [9.17, 15) is 27.6 Å². The van der Waals surface area contributed by atoms with Crippen molar-refractivity contribution in [3.8, 4) is 10.4 Å². The summed E-state index contributed by atoms with van der Waals surface area (Å²) in [6.07, 6.45) is -0.144. The number of hydrogen-bond donors (Lipinski definition) is 2. The molecule has 1 saturated heterocycles. The number of alkyl halides is 3. The van der Waals surface area contributed by atoms with Crippen LogP contribution in [-0.4, -0.2) is 54.1 Å². The molecule has 1 aliphatic carbocycles. The number of aromatic nitrogens is 1. The zero-order valence-corrected chi connectivity index (χ0v) is 25.5. The van der Waals surface area contributed by atoms with E-state index in [1.54, 1.807) is 29.2 Å². The Morgan fingerprint density at radius 1 is 0.913 bits per heavy atom. The lowest BCUT2D eigenvalue weighted by atomic mass is 10.1. The Kier molecular flexibility index (Phi) is 7.75. The Bertz CT molecular complexity index is 1820. The summed E-state index contributed by atoms with van der Waals surface area (Å²) in [5, 5.41) is 5.79. The van der Waals surface area contributed by atoms with Gasteiger partial charge in [0.2, 0.25) is 0 Å². The number of fused-ring (bicyclic) bond motifs is 3. The molecule has 2 N–H and O–H groups in total. The summed E-state index contributed by atoms with van der Waals surface area (Å²) < 4.78 is 40.9. The van der Waals surface area contributed by atoms with Gasteiger partial charge in [0.15, 0.2) is 0 Å². The van der Waals surface area contributed by atoms with Crippen molar-refractivity contribution in [2.75, 3.05) is 28.2 Å². The predicted octanol–water partition coefficient (Wildman–Crippen LogP) is 6.69. The highest BCUT2D eigenvalue weighted by Crippen LogP contribution is 2.42. The van der Waals surface area contributed by atoms with Crippen LogP contribution in [-0.2, 0) is 6.42 Å². The van der Waals surface area contributed by atoms with E-state index < -0.39 is 18.1 Å². The quantitative estimate of drug-likeness (QED) is 0.244. The molecule has 2 aliphatic heterocycles. The van der Waals surface area contributed by atoms with Crippen LogP contribution < -0.4 is 20.4 Å². The maximum absolute atomic E-state index is 13.8. The zero-order valence-electron chi connectivity index (χ0n) is 24.6. The van der Waals surface area contributed by atoms with Crippen LogP contribution in [0.5, 0.6) is 0 Å². The van der Waals surface area contributed by atoms with Crippen LogP contribution in [0, 0.1) is 0 Å². The monoisotopic (exact) mass is 645 g/mol. The minimum absolute atomic E-state index is 0.00405. The Hall–Kier alpha value is -4.71. The molecule has 2 fully saturated rings. The van der Waals surface area contributed by atoms with Gasteiger partial charge in [0.05, 0.1) is 16.1 Å². The predicted molar refractivity (Wildman–Crippen MR) is 171 cm³/mol. The summed E-state index contributed by atoms with van der Waals surface area (Å²) in [6, 6.07) is 17.6. The van der Waals surface area contributed by atoms with Gasteiger partial charge in [0.1, 0.15) is 11.9 Å². The first kappa shape index (κ1) is 30.0. The lowest BCUT2D eigenvalue weighted by molar-refractivity contribution is -0.146. The van der Waals surface area contributed by atoms with Gasteiger partial charge in [-0.05, 0) is 86.2 Å². The number of rotatable bonds is 6. The standard InChI is InChI=1S/C34H30F3N5O3S/c35-34(36,37)28-8-4-17-42(28)30-25(6-3-16-38-30)31(43)39-22-11-9-20(10-12-22)33(45)41-18-15-21-19-27(32(44)40-23-13-14-23)46-29(21)24-5-1-2-7-26(24)41/h1-3,5-7,9-12,16,19,23,28H,4,8,13-15,17-18H2,(H,39,43)(H,40,44)/t28-/m0/s1. The average Bonchev–Trinajstić information content (AvgIpc) is 3.57. The topological polar surface area (TPSA) is 94.6 Å². The first-order chi connectivity index (χ1) is 22.2. The van der Waals surface area contributed by atoms with Gasteiger partial charge >= 0.3 is 6.18 Å². The number of pyridine rings is 1. The molecule has 2 aromatic carbocycles. The van der Waals surface area contributed by atoms with Crippen molar-refractivity contribution in [1.29, 1.82) is 0 Å². The fourth-order valence-electron chi connectivity index (χ4n) is 6.12. The Labute approximate surface area is 267 Å². The Morgan fingerprint density at radius 2 is 1.70 bits per heavy atom. The molecular weight excluding hydrogens is 615 g/mol. The molecule has 4 heterocycles. The number of halogens is 3. The molecule has 0 unspecified atom stereocenters. The van der Waals surface area contributed by atoms with Crippen molar-refractivity contribution < 1.29 is 27.6 Å². The maximum Gasteiger partial charge on any atom is 0.408 e. The summed E-state index contributed by atoms with van der Waals surface area (Å²) in [4.78, 5) is 48.5. The van der Waals surface area contributed by atoms with E-state index in [0.29, 0.717) is 35.5 Å². The molecule has 1 saturated carbocycles. The van der Waals surface area contributed by atoms with E-state index in [1.165, 1.54) is 29.7 Å². The normalized spacial score (nSPS) is 17.6. The number of nitrogens with one attached hydrogen (secondary N) is 2. The van der Waals surface area contributed by atoms with E-state index in [0.717, 1.165) is 39.4 Å². The van der Waals surface area contributed by atoms with Crippen molar-refractivity contribution in [2.45, 2.75) is 50.4 Å². The third-order valence-corrected chi connectivity index (χ3v) is 9.77. The first-order valence-electron chi connectivity index (χ1n) is 15.2. The fourth-order valence-corrected chi connectivity index (χ4v) is 7.26. The Morgan fingerprint density at radius 3 is 2.46 bits per heavy atom. The number of carbonyl (C=O) groups is 3. The highest BCUT2D eigenvalue weighted by atomic mass is 32.1. The third-order valence-electron chi connectivity index (χ3n) is 8.56. The van der Waals surface area contributed by atoms with E-state index >= 15 is 0 Å². The van der Waals surface area contributed by atoms with Gasteiger partial charge in [0.25, 0.3) is 17.7 Å². The summed E-state index contributed by atoms with van der Waals surface area (Å²) >= 11 is 1.44. The molecular formula is C34H30F3N5O3S. The second-order valence-electron chi connectivity index (χ2n) is 11.7. The number of hydrogen-bond acceptors (Lipinski definition) is 6. The molecule has 8 nitrogen and oxygen atoms in total. The number of anilines is 3. The maximum atomic E-state index is 13.8. The minimum atomic E-state index is -4.43. The number of benzene rings is 2. The summed E-state index contributed by atoms with van der Waals surface area (Å²) in [6.45, 7) is 0.573. The van der Waals surface area contributed by atoms with Crippen LogP contribution in [0.1, 0.15) is 61.6 Å². The molecule has 1 atom stereocenters. The van der Waals surface area contributed by atoms with E-state index in [4.69, 9.17) is 0 Å². The number of carbonyl (C=O) groups excluding carboxylic acids is 3. The highest BCUT2D eigenvalue weighted by Gasteiger charge is 2.47. The van der Waals surface area contributed by atoms with Crippen molar-refractivity contribution in [2.24, 2.45) is 0 Å². The second kappa shape index (κ2) is 11.9. The zero-order chi connectivity index (χ0) is 32.0. The fraction of sp³-hybridized carbons (Fsp3) is 0.294. The molecule has 7 rings (SSSR count). The number of para-hydroxylation sites is 1. The van der Waals surface area contributed by atoms with Crippen LogP contribution >= 0.6 is 11.3 Å². The van der Waals surface area contributed by atoms with Crippen LogP contribution in [0.15, 0.2) is 72.9 Å². The first-order valence-corrected chi connectivity index (χ1v) is 16.0. The second-order valence-corrected chi connectivity index (χ2v) is 12.8. The van der Waals surface area contributed by atoms with Crippen molar-refractivity contribution >= 4 is 46.3 Å². The molecule has 46 heavy (non-hydrogen) atoms. The molecule has 236 valence electrons. The van der Waals surface area contributed by atoms with Gasteiger partial charge in [-0.3, -0.25) is 14.4 Å². The van der Waals surface area contributed by atoms with Gasteiger partial charge < -0.3 is 20.4 Å². The molecule has 4 aromatic rings. The lowest BCUT2D eigenvalue weighted by Crippen LogP contribution is -2.42. The number of thiophene rings is 1. The van der Waals surface area contributed by atoms with Crippen LogP contribution in [0.25, 0.3) is 10.4 Å².